The van der Waals surface area contributed by atoms with Crippen molar-refractivity contribution < 1.29 is 18.7 Å². The molecular formula is C25H23Cl2FN4O3. The van der Waals surface area contributed by atoms with Gasteiger partial charge in [-0.25, -0.2) is 9.07 Å². The van der Waals surface area contributed by atoms with E-state index >= 15 is 0 Å². The highest BCUT2D eigenvalue weighted by Crippen LogP contribution is 2.52. The molecule has 10 heteroatoms. The van der Waals surface area contributed by atoms with E-state index in [1.165, 1.54) is 12.1 Å². The van der Waals surface area contributed by atoms with Gasteiger partial charge in [0.1, 0.15) is 11.6 Å². The molecule has 3 fully saturated rings. The van der Waals surface area contributed by atoms with Gasteiger partial charge in [-0.15, -0.1) is 0 Å². The molecule has 3 aromatic rings. The van der Waals surface area contributed by atoms with Crippen molar-refractivity contribution in [3.8, 4) is 11.4 Å². The van der Waals surface area contributed by atoms with Crippen LogP contribution in [0, 0.1) is 18.7 Å². The second-order valence-corrected chi connectivity index (χ2v) is 10.0. The summed E-state index contributed by atoms with van der Waals surface area (Å²) in [7, 11) is 0. The predicted molar refractivity (Wildman–Crippen MR) is 130 cm³/mol. The summed E-state index contributed by atoms with van der Waals surface area (Å²) < 4.78 is 20.6. The zero-order valence-electron chi connectivity index (χ0n) is 18.9. The summed E-state index contributed by atoms with van der Waals surface area (Å²) in [6.07, 6.45) is 2.23. The number of amides is 2. The maximum atomic E-state index is 13.5. The summed E-state index contributed by atoms with van der Waals surface area (Å²) >= 11 is 11.6. The quantitative estimate of drug-likeness (QED) is 0.485. The fraction of sp³-hybridized carbons (Fsp3) is 0.320. The lowest BCUT2D eigenvalue weighted by Gasteiger charge is -2.38. The molecule has 0 radical (unpaired) electrons. The average Bonchev–Trinajstić information content (AvgIpc) is 3.45. The van der Waals surface area contributed by atoms with Gasteiger partial charge in [-0.2, -0.15) is 5.10 Å². The van der Waals surface area contributed by atoms with E-state index in [0.717, 1.165) is 30.3 Å². The van der Waals surface area contributed by atoms with Gasteiger partial charge in [0, 0.05) is 28.4 Å². The number of hydrogen-bond acceptors (Lipinski definition) is 4. The van der Waals surface area contributed by atoms with Crippen LogP contribution in [0.3, 0.4) is 0 Å². The van der Waals surface area contributed by atoms with Crippen molar-refractivity contribution in [1.29, 1.82) is 0 Å². The second kappa shape index (κ2) is 9.17. The minimum Gasteiger partial charge on any atom is -0.484 e. The number of hydrogen-bond donors (Lipinski definition) is 2. The van der Waals surface area contributed by atoms with Crippen molar-refractivity contribution >= 4 is 35.0 Å². The van der Waals surface area contributed by atoms with Crippen molar-refractivity contribution in [2.24, 2.45) is 5.92 Å². The third-order valence-electron chi connectivity index (χ3n) is 6.66. The van der Waals surface area contributed by atoms with Crippen molar-refractivity contribution in [3.63, 3.8) is 0 Å². The van der Waals surface area contributed by atoms with E-state index in [2.05, 4.69) is 15.7 Å². The third kappa shape index (κ3) is 4.86. The van der Waals surface area contributed by atoms with Crippen LogP contribution in [0.5, 0.6) is 5.75 Å². The Labute approximate surface area is 211 Å². The van der Waals surface area contributed by atoms with Crippen LogP contribution >= 0.6 is 23.2 Å². The van der Waals surface area contributed by atoms with E-state index in [-0.39, 0.29) is 40.8 Å². The van der Waals surface area contributed by atoms with Crippen molar-refractivity contribution in [2.45, 2.75) is 37.8 Å². The maximum absolute atomic E-state index is 13.5. The van der Waals surface area contributed by atoms with Gasteiger partial charge >= 0.3 is 0 Å². The van der Waals surface area contributed by atoms with Crippen LogP contribution < -0.4 is 15.4 Å². The lowest BCUT2D eigenvalue weighted by molar-refractivity contribution is -0.124. The Bertz CT molecular complexity index is 1290. The molecule has 0 aliphatic heterocycles. The SMILES string of the molecule is Cc1cc(C(=O)NC23CC(C2)C(NC(=O)COc2ccc(Cl)c(F)c2)C3)nn1-c1ccc(Cl)cc1. The molecule has 0 saturated heterocycles. The van der Waals surface area contributed by atoms with E-state index in [1.54, 1.807) is 22.9 Å². The first-order chi connectivity index (χ1) is 16.7. The zero-order valence-corrected chi connectivity index (χ0v) is 20.4. The van der Waals surface area contributed by atoms with E-state index in [1.807, 2.05) is 19.1 Å². The Morgan fingerprint density at radius 1 is 1.14 bits per heavy atom. The lowest BCUT2D eigenvalue weighted by Crippen LogP contribution is -2.52. The highest BCUT2D eigenvalue weighted by atomic mass is 35.5. The Morgan fingerprint density at radius 3 is 2.60 bits per heavy atom. The van der Waals surface area contributed by atoms with Crippen LogP contribution in [-0.4, -0.2) is 39.8 Å². The van der Waals surface area contributed by atoms with Crippen LogP contribution in [0.25, 0.3) is 5.69 Å². The molecule has 2 bridgehead atoms. The first kappa shape index (κ1) is 23.6. The molecule has 2 aromatic carbocycles. The van der Waals surface area contributed by atoms with E-state index in [9.17, 15) is 14.0 Å². The fourth-order valence-electron chi connectivity index (χ4n) is 5.00. The number of ether oxygens (including phenoxy) is 1. The van der Waals surface area contributed by atoms with E-state index in [0.29, 0.717) is 23.1 Å². The van der Waals surface area contributed by atoms with Gasteiger partial charge in [-0.1, -0.05) is 23.2 Å². The largest absolute Gasteiger partial charge is 0.484 e. The van der Waals surface area contributed by atoms with Gasteiger partial charge in [0.25, 0.3) is 11.8 Å². The van der Waals surface area contributed by atoms with Crippen molar-refractivity contribution in [1.82, 2.24) is 20.4 Å². The monoisotopic (exact) mass is 516 g/mol. The Morgan fingerprint density at radius 2 is 1.89 bits per heavy atom. The molecule has 2 N–H and O–H groups in total. The topological polar surface area (TPSA) is 85.2 Å². The van der Waals surface area contributed by atoms with Gasteiger partial charge < -0.3 is 15.4 Å². The Balaban J connectivity index is 1.15. The standard InChI is InChI=1S/C25H23Cl2FN4O3/c1-14-8-21(31-32(14)17-4-2-16(26)3-5-17)24(34)30-25-10-15(11-25)22(12-25)29-23(33)13-35-18-6-7-19(27)20(28)9-18/h2-9,15,22H,10-13H2,1H3,(H,29,33)(H,30,34). The van der Waals surface area contributed by atoms with E-state index < -0.39 is 5.82 Å². The minimum absolute atomic E-state index is 0.00761. The van der Waals surface area contributed by atoms with Crippen LogP contribution in [0.4, 0.5) is 4.39 Å². The zero-order chi connectivity index (χ0) is 24.7. The lowest BCUT2D eigenvalue weighted by atomic mass is 9.76. The fourth-order valence-corrected chi connectivity index (χ4v) is 5.25. The molecule has 1 atom stereocenters. The number of fused-ring (bicyclic) bond motifs is 1. The highest BCUT2D eigenvalue weighted by Gasteiger charge is 2.57. The smallest absolute Gasteiger partial charge is 0.272 e. The predicted octanol–water partition coefficient (Wildman–Crippen LogP) is 4.47. The van der Waals surface area contributed by atoms with Crippen LogP contribution in [-0.2, 0) is 4.79 Å². The number of halogens is 3. The van der Waals surface area contributed by atoms with Crippen LogP contribution in [0.15, 0.2) is 48.5 Å². The first-order valence-corrected chi connectivity index (χ1v) is 12.0. The summed E-state index contributed by atoms with van der Waals surface area (Å²) in [5.74, 6) is -0.612. The van der Waals surface area contributed by atoms with Gasteiger partial charge in [-0.3, -0.25) is 9.59 Å². The van der Waals surface area contributed by atoms with Gasteiger partial charge in [0.15, 0.2) is 12.3 Å². The summed E-state index contributed by atoms with van der Waals surface area (Å²) in [5.41, 5.74) is 1.64. The molecule has 2 amide bonds. The molecule has 1 heterocycles. The summed E-state index contributed by atoms with van der Waals surface area (Å²) in [5, 5.41) is 11.2. The average molecular weight is 517 g/mol. The van der Waals surface area contributed by atoms with Crippen LogP contribution in [0.1, 0.15) is 35.4 Å². The molecule has 3 saturated carbocycles. The normalized spacial score (nSPS) is 22.4. The number of nitrogens with one attached hydrogen (secondary N) is 2. The summed E-state index contributed by atoms with van der Waals surface area (Å²) in [4.78, 5) is 25.3. The highest BCUT2D eigenvalue weighted by molar-refractivity contribution is 6.31. The molecule has 0 spiro atoms. The molecule has 1 aromatic heterocycles. The maximum Gasteiger partial charge on any atom is 0.272 e. The third-order valence-corrected chi connectivity index (χ3v) is 7.22. The number of rotatable bonds is 7. The van der Waals surface area contributed by atoms with Gasteiger partial charge in [0.2, 0.25) is 0 Å². The van der Waals surface area contributed by atoms with E-state index in [4.69, 9.17) is 27.9 Å². The molecule has 182 valence electrons. The number of carbonyl (C=O) groups is 2. The number of benzene rings is 2. The second-order valence-electron chi connectivity index (χ2n) is 9.20. The summed E-state index contributed by atoms with van der Waals surface area (Å²) in [6, 6.07) is 13.0. The Kier molecular flexibility index (Phi) is 6.19. The number of aromatic nitrogens is 2. The number of nitrogens with zero attached hydrogens (tertiary/aromatic N) is 2. The molecule has 35 heavy (non-hydrogen) atoms. The molecule has 7 nitrogen and oxygen atoms in total. The first-order valence-electron chi connectivity index (χ1n) is 11.2. The number of aryl methyl sites for hydroxylation is 1. The summed E-state index contributed by atoms with van der Waals surface area (Å²) in [6.45, 7) is 1.66. The van der Waals surface area contributed by atoms with Gasteiger partial charge in [-0.05, 0) is 74.6 Å². The Hall–Kier alpha value is -3.10. The minimum atomic E-state index is -0.605. The number of carbonyl (C=O) groups excluding carboxylic acids is 2. The molecule has 6 rings (SSSR count). The van der Waals surface area contributed by atoms with Crippen molar-refractivity contribution in [3.05, 3.63) is 75.8 Å². The molecule has 3 aliphatic rings. The van der Waals surface area contributed by atoms with Crippen LogP contribution in [0.2, 0.25) is 10.0 Å². The molecule has 1 unspecified atom stereocenters. The van der Waals surface area contributed by atoms with Crippen molar-refractivity contribution in [2.75, 3.05) is 6.61 Å². The molecular weight excluding hydrogens is 494 g/mol. The molecule has 3 aliphatic carbocycles. The van der Waals surface area contributed by atoms with Gasteiger partial charge in [0.05, 0.1) is 10.7 Å².